The van der Waals surface area contributed by atoms with E-state index in [4.69, 9.17) is 0 Å². The molecule has 78 valence electrons. The fourth-order valence-corrected chi connectivity index (χ4v) is 1.77. The lowest BCUT2D eigenvalue weighted by atomic mass is 10.1. The highest BCUT2D eigenvalue weighted by Crippen LogP contribution is 2.31. The van der Waals surface area contributed by atoms with Crippen LogP contribution in [0.1, 0.15) is 5.56 Å². The zero-order chi connectivity index (χ0) is 11.1. The van der Waals surface area contributed by atoms with Gasteiger partial charge in [0.05, 0.1) is 5.56 Å². The number of hydrogen-bond donors (Lipinski definition) is 0. The molecule has 0 heterocycles. The fourth-order valence-electron chi connectivity index (χ4n) is 1.39. The second-order valence-electron chi connectivity index (χ2n) is 3.20. The van der Waals surface area contributed by atoms with Gasteiger partial charge in [-0.1, -0.05) is 28.1 Å². The van der Waals surface area contributed by atoms with Crippen molar-refractivity contribution in [1.82, 2.24) is 0 Å². The van der Waals surface area contributed by atoms with E-state index in [1.165, 1.54) is 6.07 Å². The van der Waals surface area contributed by atoms with Crippen molar-refractivity contribution in [3.63, 3.8) is 0 Å². The minimum atomic E-state index is -4.28. The van der Waals surface area contributed by atoms with Gasteiger partial charge in [0.1, 0.15) is 0 Å². The molecular formula is C11H6BrF3. The average Bonchev–Trinajstić information content (AvgIpc) is 2.15. The Morgan fingerprint density at radius 2 is 1.47 bits per heavy atom. The summed E-state index contributed by atoms with van der Waals surface area (Å²) in [6.07, 6.45) is -4.28. The van der Waals surface area contributed by atoms with Gasteiger partial charge in [0, 0.05) is 4.47 Å². The Morgan fingerprint density at radius 1 is 0.867 bits per heavy atom. The SMILES string of the molecule is FC(F)(F)c1ccc2cc(Br)ccc2c1. The minimum absolute atomic E-state index is 0.591. The summed E-state index contributed by atoms with van der Waals surface area (Å²) in [5.74, 6) is 0. The summed E-state index contributed by atoms with van der Waals surface area (Å²) >= 11 is 3.27. The molecular weight excluding hydrogens is 269 g/mol. The number of benzene rings is 2. The van der Waals surface area contributed by atoms with Crippen molar-refractivity contribution < 1.29 is 13.2 Å². The molecule has 0 aliphatic heterocycles. The second kappa shape index (κ2) is 3.52. The van der Waals surface area contributed by atoms with Crippen molar-refractivity contribution in [1.29, 1.82) is 0 Å². The van der Waals surface area contributed by atoms with Gasteiger partial charge in [-0.3, -0.25) is 0 Å². The Bertz CT molecular complexity index is 503. The summed E-state index contributed by atoms with van der Waals surface area (Å²) in [5, 5.41) is 1.38. The van der Waals surface area contributed by atoms with E-state index >= 15 is 0 Å². The first-order valence-corrected chi connectivity index (χ1v) is 5.02. The van der Waals surface area contributed by atoms with E-state index in [0.29, 0.717) is 5.39 Å². The van der Waals surface area contributed by atoms with Crippen molar-refractivity contribution in [2.24, 2.45) is 0 Å². The van der Waals surface area contributed by atoms with Gasteiger partial charge in [0.15, 0.2) is 0 Å². The first kappa shape index (κ1) is 10.5. The topological polar surface area (TPSA) is 0 Å². The van der Waals surface area contributed by atoms with Crippen LogP contribution in [0.3, 0.4) is 0 Å². The normalized spacial score (nSPS) is 12.0. The summed E-state index contributed by atoms with van der Waals surface area (Å²) in [7, 11) is 0. The van der Waals surface area contributed by atoms with Gasteiger partial charge < -0.3 is 0 Å². The number of alkyl halides is 3. The lowest BCUT2D eigenvalue weighted by molar-refractivity contribution is -0.137. The summed E-state index contributed by atoms with van der Waals surface area (Å²) in [4.78, 5) is 0. The molecule has 0 aliphatic carbocycles. The first-order chi connectivity index (χ1) is 6.97. The van der Waals surface area contributed by atoms with Gasteiger partial charge in [-0.25, -0.2) is 0 Å². The van der Waals surface area contributed by atoms with E-state index in [9.17, 15) is 13.2 Å². The molecule has 0 saturated heterocycles. The number of rotatable bonds is 0. The first-order valence-electron chi connectivity index (χ1n) is 4.23. The molecule has 0 saturated carbocycles. The maximum atomic E-state index is 12.4. The molecule has 4 heteroatoms. The summed E-state index contributed by atoms with van der Waals surface area (Å²) < 4.78 is 38.0. The molecule has 0 radical (unpaired) electrons. The van der Waals surface area contributed by atoms with Gasteiger partial charge in [0.25, 0.3) is 0 Å². The van der Waals surface area contributed by atoms with E-state index in [2.05, 4.69) is 15.9 Å². The molecule has 2 rings (SSSR count). The zero-order valence-corrected chi connectivity index (χ0v) is 9.06. The zero-order valence-electron chi connectivity index (χ0n) is 7.48. The highest BCUT2D eigenvalue weighted by atomic mass is 79.9. The highest BCUT2D eigenvalue weighted by Gasteiger charge is 2.30. The Balaban J connectivity index is 2.62. The smallest absolute Gasteiger partial charge is 0.166 e. The minimum Gasteiger partial charge on any atom is -0.166 e. The van der Waals surface area contributed by atoms with Crippen LogP contribution in [0, 0.1) is 0 Å². The standard InChI is InChI=1S/C11H6BrF3/c12-10-4-2-7-5-9(11(13,14)15)3-1-8(7)6-10/h1-6H. The van der Waals surface area contributed by atoms with Crippen molar-refractivity contribution >= 4 is 26.7 Å². The van der Waals surface area contributed by atoms with E-state index in [0.717, 1.165) is 22.0 Å². The summed E-state index contributed by atoms with van der Waals surface area (Å²) in [6.45, 7) is 0. The van der Waals surface area contributed by atoms with E-state index in [-0.39, 0.29) is 0 Å². The number of fused-ring (bicyclic) bond motifs is 1. The van der Waals surface area contributed by atoms with E-state index in [1.54, 1.807) is 18.2 Å². The predicted molar refractivity (Wildman–Crippen MR) is 56.7 cm³/mol. The van der Waals surface area contributed by atoms with Gasteiger partial charge in [0.2, 0.25) is 0 Å². The highest BCUT2D eigenvalue weighted by molar-refractivity contribution is 9.10. The van der Waals surface area contributed by atoms with Crippen LogP contribution >= 0.6 is 15.9 Å². The number of halogens is 4. The second-order valence-corrected chi connectivity index (χ2v) is 4.12. The van der Waals surface area contributed by atoms with Crippen LogP contribution in [0.4, 0.5) is 13.2 Å². The van der Waals surface area contributed by atoms with Crippen LogP contribution in [0.5, 0.6) is 0 Å². The molecule has 2 aromatic carbocycles. The molecule has 0 bridgehead atoms. The maximum Gasteiger partial charge on any atom is 0.416 e. The fraction of sp³-hybridized carbons (Fsp3) is 0.0909. The molecule has 0 amide bonds. The molecule has 0 N–H and O–H groups in total. The van der Waals surface area contributed by atoms with Crippen LogP contribution in [0.25, 0.3) is 10.8 Å². The Hall–Kier alpha value is -1.03. The van der Waals surface area contributed by atoms with Crippen molar-refractivity contribution in [3.8, 4) is 0 Å². The van der Waals surface area contributed by atoms with Crippen molar-refractivity contribution in [3.05, 3.63) is 46.4 Å². The molecule has 0 atom stereocenters. The third-order valence-corrected chi connectivity index (χ3v) is 2.62. The quantitative estimate of drug-likeness (QED) is 0.658. The number of hydrogen-bond acceptors (Lipinski definition) is 0. The molecule has 0 nitrogen and oxygen atoms in total. The van der Waals surface area contributed by atoms with Crippen molar-refractivity contribution in [2.75, 3.05) is 0 Å². The molecule has 0 aromatic heterocycles. The average molecular weight is 275 g/mol. The monoisotopic (exact) mass is 274 g/mol. The van der Waals surface area contributed by atoms with Crippen LogP contribution < -0.4 is 0 Å². The third kappa shape index (κ3) is 2.15. The summed E-state index contributed by atoms with van der Waals surface area (Å²) in [6, 6.07) is 8.89. The van der Waals surface area contributed by atoms with Gasteiger partial charge in [-0.05, 0) is 35.0 Å². The largest absolute Gasteiger partial charge is 0.416 e. The molecule has 0 aliphatic rings. The lowest BCUT2D eigenvalue weighted by Crippen LogP contribution is -2.04. The van der Waals surface area contributed by atoms with E-state index < -0.39 is 11.7 Å². The molecule has 15 heavy (non-hydrogen) atoms. The summed E-state index contributed by atoms with van der Waals surface area (Å²) in [5.41, 5.74) is -0.614. The Kier molecular flexibility index (Phi) is 2.46. The van der Waals surface area contributed by atoms with Crippen LogP contribution in [-0.4, -0.2) is 0 Å². The van der Waals surface area contributed by atoms with Crippen LogP contribution in [-0.2, 0) is 6.18 Å². The Morgan fingerprint density at radius 3 is 2.13 bits per heavy atom. The molecule has 2 aromatic rings. The van der Waals surface area contributed by atoms with Gasteiger partial charge in [-0.2, -0.15) is 13.2 Å². The predicted octanol–water partition coefficient (Wildman–Crippen LogP) is 4.62. The van der Waals surface area contributed by atoms with E-state index in [1.807, 2.05) is 0 Å². The third-order valence-electron chi connectivity index (χ3n) is 2.13. The lowest BCUT2D eigenvalue weighted by Gasteiger charge is -2.07. The maximum absolute atomic E-state index is 12.4. The van der Waals surface area contributed by atoms with Crippen molar-refractivity contribution in [2.45, 2.75) is 6.18 Å². The Labute approximate surface area is 92.8 Å². The van der Waals surface area contributed by atoms with Gasteiger partial charge in [-0.15, -0.1) is 0 Å². The molecule has 0 unspecified atom stereocenters. The van der Waals surface area contributed by atoms with Crippen LogP contribution in [0.15, 0.2) is 40.9 Å². The molecule has 0 spiro atoms. The van der Waals surface area contributed by atoms with Gasteiger partial charge >= 0.3 is 6.18 Å². The van der Waals surface area contributed by atoms with Crippen LogP contribution in [0.2, 0.25) is 0 Å². The molecule has 0 fully saturated rings.